The molecule has 0 bridgehead atoms. The molecule has 3 heteroatoms. The Morgan fingerprint density at radius 1 is 1.28 bits per heavy atom. The molecule has 0 aliphatic carbocycles. The molecule has 1 unspecified atom stereocenters. The number of nitriles is 1. The van der Waals surface area contributed by atoms with E-state index in [0.717, 1.165) is 23.3 Å². The van der Waals surface area contributed by atoms with Crippen LogP contribution in [0, 0.1) is 32.1 Å². The van der Waals surface area contributed by atoms with Gasteiger partial charge in [0.2, 0.25) is 0 Å². The van der Waals surface area contributed by atoms with E-state index in [1.54, 1.807) is 6.92 Å². The van der Waals surface area contributed by atoms with Crippen LogP contribution in [0.2, 0.25) is 0 Å². The monoisotopic (exact) mass is 246 g/mol. The van der Waals surface area contributed by atoms with Crippen molar-refractivity contribution in [3.05, 3.63) is 28.8 Å². The first kappa shape index (κ1) is 14.5. The third-order valence-corrected chi connectivity index (χ3v) is 2.95. The Bertz CT molecular complexity index is 435. The molecule has 98 valence electrons. The smallest absolute Gasteiger partial charge is 0.125 e. The van der Waals surface area contributed by atoms with Crippen LogP contribution in [0.1, 0.15) is 36.5 Å². The van der Waals surface area contributed by atoms with Crippen molar-refractivity contribution in [3.63, 3.8) is 0 Å². The van der Waals surface area contributed by atoms with E-state index in [0.29, 0.717) is 13.0 Å². The molecule has 2 N–H and O–H groups in total. The van der Waals surface area contributed by atoms with Crippen LogP contribution in [0.5, 0.6) is 5.75 Å². The van der Waals surface area contributed by atoms with E-state index in [1.807, 2.05) is 0 Å². The fourth-order valence-electron chi connectivity index (χ4n) is 2.06. The third-order valence-electron chi connectivity index (χ3n) is 2.95. The van der Waals surface area contributed by atoms with Gasteiger partial charge in [-0.3, -0.25) is 0 Å². The molecule has 0 heterocycles. The van der Waals surface area contributed by atoms with Gasteiger partial charge in [-0.15, -0.1) is 0 Å². The molecule has 0 saturated heterocycles. The molecule has 0 amide bonds. The van der Waals surface area contributed by atoms with Gasteiger partial charge < -0.3 is 10.5 Å². The first-order chi connectivity index (χ1) is 8.35. The zero-order chi connectivity index (χ0) is 13.8. The maximum atomic E-state index is 8.81. The number of hydrogen-bond acceptors (Lipinski definition) is 3. The molecule has 0 radical (unpaired) electrons. The summed E-state index contributed by atoms with van der Waals surface area (Å²) >= 11 is 0. The Labute approximate surface area is 110 Å². The number of nitrogens with two attached hydrogens (primary N) is 1. The summed E-state index contributed by atoms with van der Waals surface area (Å²) in [6.07, 6.45) is 1.43. The van der Waals surface area contributed by atoms with Gasteiger partial charge in [-0.05, 0) is 51.7 Å². The van der Waals surface area contributed by atoms with E-state index in [-0.39, 0.29) is 0 Å². The highest BCUT2D eigenvalue weighted by Crippen LogP contribution is 2.24. The molecule has 0 aliphatic heterocycles. The number of ether oxygens (including phenoxy) is 1. The first-order valence-electron chi connectivity index (χ1n) is 6.26. The highest BCUT2D eigenvalue weighted by molar-refractivity contribution is 5.42. The second kappa shape index (κ2) is 5.88. The zero-order valence-corrected chi connectivity index (χ0v) is 11.7. The van der Waals surface area contributed by atoms with Crippen molar-refractivity contribution >= 4 is 0 Å². The normalized spacial score (nSPS) is 13.8. The maximum Gasteiger partial charge on any atom is 0.125 e. The minimum Gasteiger partial charge on any atom is -0.493 e. The second-order valence-electron chi connectivity index (χ2n) is 5.21. The van der Waals surface area contributed by atoms with Crippen LogP contribution in [-0.4, -0.2) is 12.1 Å². The number of hydrogen-bond donors (Lipinski definition) is 1. The fraction of sp³-hybridized carbons (Fsp3) is 0.533. The predicted octanol–water partition coefficient (Wildman–Crippen LogP) is 3.01. The van der Waals surface area contributed by atoms with E-state index in [1.165, 1.54) is 5.56 Å². The zero-order valence-electron chi connectivity index (χ0n) is 11.7. The molecule has 0 aliphatic rings. The second-order valence-corrected chi connectivity index (χ2v) is 5.21. The summed E-state index contributed by atoms with van der Waals surface area (Å²) in [4.78, 5) is 0. The average molecular weight is 246 g/mol. The van der Waals surface area contributed by atoms with Gasteiger partial charge in [-0.2, -0.15) is 5.26 Å². The molecule has 1 rings (SSSR count). The molecule has 1 aromatic carbocycles. The van der Waals surface area contributed by atoms with Crippen molar-refractivity contribution < 1.29 is 4.74 Å². The Morgan fingerprint density at radius 2 is 1.83 bits per heavy atom. The highest BCUT2D eigenvalue weighted by Gasteiger charge is 2.16. The lowest BCUT2D eigenvalue weighted by atomic mass is 10.00. The van der Waals surface area contributed by atoms with Gasteiger partial charge in [0.1, 0.15) is 11.3 Å². The van der Waals surface area contributed by atoms with Crippen molar-refractivity contribution in [1.82, 2.24) is 0 Å². The molecule has 1 aromatic rings. The van der Waals surface area contributed by atoms with Gasteiger partial charge in [0.05, 0.1) is 12.7 Å². The van der Waals surface area contributed by atoms with Gasteiger partial charge in [0, 0.05) is 0 Å². The minimum absolute atomic E-state index is 0.596. The SMILES string of the molecule is Cc1cc(C)c(OCCCC(C)(N)C#N)c(C)c1. The molecule has 18 heavy (non-hydrogen) atoms. The minimum atomic E-state index is -0.749. The van der Waals surface area contributed by atoms with Crippen molar-refractivity contribution in [2.24, 2.45) is 5.73 Å². The largest absolute Gasteiger partial charge is 0.493 e. The Hall–Kier alpha value is -1.53. The van der Waals surface area contributed by atoms with E-state index < -0.39 is 5.54 Å². The molecule has 3 nitrogen and oxygen atoms in total. The summed E-state index contributed by atoms with van der Waals surface area (Å²) in [5.41, 5.74) is 8.57. The van der Waals surface area contributed by atoms with Gasteiger partial charge in [0.25, 0.3) is 0 Å². The topological polar surface area (TPSA) is 59.0 Å². The van der Waals surface area contributed by atoms with Gasteiger partial charge >= 0.3 is 0 Å². The van der Waals surface area contributed by atoms with Crippen LogP contribution >= 0.6 is 0 Å². The van der Waals surface area contributed by atoms with Crippen LogP contribution in [0.15, 0.2) is 12.1 Å². The van der Waals surface area contributed by atoms with Crippen molar-refractivity contribution in [2.75, 3.05) is 6.61 Å². The molecule has 0 aromatic heterocycles. The maximum absolute atomic E-state index is 8.81. The van der Waals surface area contributed by atoms with Crippen LogP contribution in [0.4, 0.5) is 0 Å². The fourth-order valence-corrected chi connectivity index (χ4v) is 2.06. The lowest BCUT2D eigenvalue weighted by Crippen LogP contribution is -2.34. The van der Waals surface area contributed by atoms with E-state index in [2.05, 4.69) is 39.0 Å². The van der Waals surface area contributed by atoms with Gasteiger partial charge in [0.15, 0.2) is 0 Å². The van der Waals surface area contributed by atoms with E-state index >= 15 is 0 Å². The molecule has 0 saturated carbocycles. The van der Waals surface area contributed by atoms with E-state index in [4.69, 9.17) is 15.7 Å². The van der Waals surface area contributed by atoms with Gasteiger partial charge in [-0.25, -0.2) is 0 Å². The van der Waals surface area contributed by atoms with E-state index in [9.17, 15) is 0 Å². The van der Waals surface area contributed by atoms with Crippen molar-refractivity contribution in [3.8, 4) is 11.8 Å². The molecule has 0 spiro atoms. The number of aryl methyl sites for hydroxylation is 3. The van der Waals surface area contributed by atoms with Crippen molar-refractivity contribution in [2.45, 2.75) is 46.1 Å². The molecular weight excluding hydrogens is 224 g/mol. The molecule has 1 atom stereocenters. The lowest BCUT2D eigenvalue weighted by molar-refractivity contribution is 0.292. The number of benzene rings is 1. The summed E-state index contributed by atoms with van der Waals surface area (Å²) in [6, 6.07) is 6.32. The summed E-state index contributed by atoms with van der Waals surface area (Å²) in [6.45, 7) is 8.53. The quantitative estimate of drug-likeness (QED) is 0.812. The molecule has 0 fully saturated rings. The van der Waals surface area contributed by atoms with Crippen LogP contribution in [0.3, 0.4) is 0 Å². The lowest BCUT2D eigenvalue weighted by Gasteiger charge is -2.16. The van der Waals surface area contributed by atoms with Crippen molar-refractivity contribution in [1.29, 1.82) is 5.26 Å². The Balaban J connectivity index is 2.53. The average Bonchev–Trinajstić information content (AvgIpc) is 2.26. The van der Waals surface area contributed by atoms with Crippen LogP contribution in [0.25, 0.3) is 0 Å². The highest BCUT2D eigenvalue weighted by atomic mass is 16.5. The number of rotatable bonds is 5. The standard InChI is InChI=1S/C15H22N2O/c1-11-8-12(2)14(13(3)9-11)18-7-5-6-15(4,17)10-16/h8-9H,5-7,17H2,1-4H3. The van der Waals surface area contributed by atoms with Crippen LogP contribution < -0.4 is 10.5 Å². The summed E-state index contributed by atoms with van der Waals surface area (Å²) in [7, 11) is 0. The molecular formula is C15H22N2O. The third kappa shape index (κ3) is 4.05. The predicted molar refractivity (Wildman–Crippen MR) is 73.6 cm³/mol. The van der Waals surface area contributed by atoms with Gasteiger partial charge in [-0.1, -0.05) is 17.7 Å². The summed E-state index contributed by atoms with van der Waals surface area (Å²) < 4.78 is 5.80. The Morgan fingerprint density at radius 3 is 2.33 bits per heavy atom. The Kier molecular flexibility index (Phi) is 4.75. The number of nitrogens with zero attached hydrogens (tertiary/aromatic N) is 1. The first-order valence-corrected chi connectivity index (χ1v) is 6.26. The summed E-state index contributed by atoms with van der Waals surface area (Å²) in [5, 5.41) is 8.81. The summed E-state index contributed by atoms with van der Waals surface area (Å²) in [5.74, 6) is 0.955. The van der Waals surface area contributed by atoms with Crippen LogP contribution in [-0.2, 0) is 0 Å².